The first-order chi connectivity index (χ1) is 4.97. The molecule has 4 nitrogen and oxygen atoms in total. The third-order valence-electron chi connectivity index (χ3n) is 0.598. The fourth-order valence-electron chi connectivity index (χ4n) is 0.250. The molecule has 0 saturated heterocycles. The summed E-state index contributed by atoms with van der Waals surface area (Å²) in [5, 5.41) is 0. The lowest BCUT2D eigenvalue weighted by Crippen LogP contribution is -2.01. The summed E-state index contributed by atoms with van der Waals surface area (Å²) in [7, 11) is -3.92. The predicted octanol–water partition coefficient (Wildman–Crippen LogP) is -0.109. The Hall–Kier alpha value is 0.220. The highest BCUT2D eigenvalue weighted by atomic mass is 32.2. The third kappa shape index (κ3) is 25.3. The SMILES string of the molecule is CCCS(=O)(=O)[O-].CCO[SH2+]. The molecule has 0 amide bonds. The number of rotatable bonds is 3. The summed E-state index contributed by atoms with van der Waals surface area (Å²) in [5.41, 5.74) is 0. The molecule has 0 aromatic heterocycles. The van der Waals surface area contributed by atoms with Gasteiger partial charge < -0.3 is 4.55 Å². The van der Waals surface area contributed by atoms with Gasteiger partial charge in [0.05, 0.1) is 10.1 Å². The van der Waals surface area contributed by atoms with Gasteiger partial charge in [0, 0.05) is 5.75 Å². The van der Waals surface area contributed by atoms with E-state index in [0.717, 1.165) is 6.61 Å². The van der Waals surface area contributed by atoms with Crippen LogP contribution in [0.25, 0.3) is 0 Å². The van der Waals surface area contributed by atoms with Gasteiger partial charge in [-0.25, -0.2) is 8.42 Å². The Balaban J connectivity index is 0. The molecule has 0 aliphatic heterocycles. The van der Waals surface area contributed by atoms with Crippen molar-refractivity contribution in [1.82, 2.24) is 0 Å². The first-order valence-electron chi connectivity index (χ1n) is 3.20. The summed E-state index contributed by atoms with van der Waals surface area (Å²) in [4.78, 5) is 0. The minimum absolute atomic E-state index is 0.243. The van der Waals surface area contributed by atoms with E-state index in [4.69, 9.17) is 0 Å². The lowest BCUT2D eigenvalue weighted by atomic mass is 10.6. The minimum Gasteiger partial charge on any atom is -0.748 e. The Bertz CT molecular complexity index is 150. The van der Waals surface area contributed by atoms with E-state index in [2.05, 4.69) is 17.1 Å². The Kier molecular flexibility index (Phi) is 10.4. The standard InChI is InChI=1S/C3H8O3S.C2H6OS/c1-2-3-7(4,5)6;1-2-3-4/h2-3H2,1H3,(H,4,5,6);4H,2H2,1H3. The fourth-order valence-corrected chi connectivity index (χ4v) is 0.750. The van der Waals surface area contributed by atoms with Crippen molar-refractivity contribution >= 4 is 23.0 Å². The van der Waals surface area contributed by atoms with Gasteiger partial charge in [0.2, 0.25) is 0 Å². The maximum atomic E-state index is 9.68. The average Bonchev–Trinajstić information content (AvgIpc) is 1.86. The summed E-state index contributed by atoms with van der Waals surface area (Å²) in [5.74, 6) is -0.243. The van der Waals surface area contributed by atoms with Crippen LogP contribution in [0.2, 0.25) is 0 Å². The summed E-state index contributed by atoms with van der Waals surface area (Å²) in [6.07, 6.45) is 0.409. The number of hydrogen-bond donors (Lipinski definition) is 0. The van der Waals surface area contributed by atoms with E-state index in [1.807, 2.05) is 6.92 Å². The van der Waals surface area contributed by atoms with Crippen molar-refractivity contribution in [3.8, 4) is 0 Å². The van der Waals surface area contributed by atoms with Gasteiger partial charge in [-0.3, -0.25) is 0 Å². The predicted molar refractivity (Wildman–Crippen MR) is 46.6 cm³/mol. The van der Waals surface area contributed by atoms with E-state index in [1.165, 1.54) is 0 Å². The molecule has 0 aromatic rings. The van der Waals surface area contributed by atoms with Gasteiger partial charge in [0.1, 0.15) is 19.5 Å². The molecule has 0 unspecified atom stereocenters. The Morgan fingerprint density at radius 2 is 1.82 bits per heavy atom. The van der Waals surface area contributed by atoms with Gasteiger partial charge in [0.15, 0.2) is 0 Å². The second-order valence-corrected chi connectivity index (χ2v) is 3.51. The van der Waals surface area contributed by atoms with Crippen LogP contribution in [0.1, 0.15) is 20.3 Å². The molecule has 6 heteroatoms. The molecule has 0 bridgehead atoms. The molecule has 70 valence electrons. The molecule has 0 aliphatic rings. The molecule has 0 rings (SSSR count). The molecule has 0 aromatic carbocycles. The van der Waals surface area contributed by atoms with Crippen molar-refractivity contribution in [3.05, 3.63) is 0 Å². The van der Waals surface area contributed by atoms with Crippen LogP contribution in [0, 0.1) is 0 Å². The van der Waals surface area contributed by atoms with E-state index in [0.29, 0.717) is 6.42 Å². The highest BCUT2D eigenvalue weighted by Gasteiger charge is 1.86. The molecule has 0 radical (unpaired) electrons. The van der Waals surface area contributed by atoms with Gasteiger partial charge >= 0.3 is 0 Å². The fraction of sp³-hybridized carbons (Fsp3) is 1.00. The highest BCUT2D eigenvalue weighted by molar-refractivity contribution is 7.85. The molecule has 0 saturated carbocycles. The molecule has 0 aliphatic carbocycles. The van der Waals surface area contributed by atoms with Crippen LogP contribution >= 0.6 is 0 Å². The van der Waals surface area contributed by atoms with Gasteiger partial charge in [-0.2, -0.15) is 4.18 Å². The van der Waals surface area contributed by atoms with E-state index < -0.39 is 10.1 Å². The van der Waals surface area contributed by atoms with E-state index in [1.54, 1.807) is 6.92 Å². The zero-order valence-corrected chi connectivity index (χ0v) is 8.48. The largest absolute Gasteiger partial charge is 0.748 e. The summed E-state index contributed by atoms with van der Waals surface area (Å²) in [6, 6.07) is 0. The molecule has 0 heterocycles. The van der Waals surface area contributed by atoms with Crippen molar-refractivity contribution in [2.75, 3.05) is 12.4 Å². The number of hydrogen-bond acceptors (Lipinski definition) is 4. The summed E-state index contributed by atoms with van der Waals surface area (Å²) >= 11 is 2.79. The average molecular weight is 202 g/mol. The summed E-state index contributed by atoms with van der Waals surface area (Å²) < 4.78 is 33.4. The Labute approximate surface area is 73.3 Å². The molecule has 11 heavy (non-hydrogen) atoms. The molecule has 0 spiro atoms. The molecular formula is C5H14O4S2. The second kappa shape index (κ2) is 8.32. The monoisotopic (exact) mass is 202 g/mol. The second-order valence-electron chi connectivity index (χ2n) is 1.69. The zero-order chi connectivity index (χ0) is 9.33. The van der Waals surface area contributed by atoms with Crippen LogP contribution in [-0.4, -0.2) is 25.3 Å². The maximum Gasteiger partial charge on any atom is 0.117 e. The van der Waals surface area contributed by atoms with Crippen LogP contribution in [0.15, 0.2) is 0 Å². The van der Waals surface area contributed by atoms with Crippen LogP contribution in [0.3, 0.4) is 0 Å². The van der Waals surface area contributed by atoms with Crippen molar-refractivity contribution < 1.29 is 17.2 Å². The normalized spacial score (nSPS) is 10.2. The smallest absolute Gasteiger partial charge is 0.117 e. The summed E-state index contributed by atoms with van der Waals surface area (Å²) in [6.45, 7) is 4.29. The first-order valence-corrected chi connectivity index (χ1v) is 5.18. The van der Waals surface area contributed by atoms with Crippen molar-refractivity contribution in [3.63, 3.8) is 0 Å². The lowest BCUT2D eigenvalue weighted by molar-refractivity contribution is 0.407. The van der Waals surface area contributed by atoms with E-state index in [-0.39, 0.29) is 5.75 Å². The van der Waals surface area contributed by atoms with Crippen LogP contribution in [-0.2, 0) is 27.2 Å². The van der Waals surface area contributed by atoms with Crippen molar-refractivity contribution in [2.24, 2.45) is 0 Å². The van der Waals surface area contributed by atoms with Gasteiger partial charge in [-0.15, -0.1) is 0 Å². The zero-order valence-electron chi connectivity index (χ0n) is 6.66. The van der Waals surface area contributed by atoms with Crippen LogP contribution < -0.4 is 0 Å². The quantitative estimate of drug-likeness (QED) is 0.473. The minimum atomic E-state index is -3.92. The highest BCUT2D eigenvalue weighted by Crippen LogP contribution is 1.83. The van der Waals surface area contributed by atoms with Crippen LogP contribution in [0.5, 0.6) is 0 Å². The van der Waals surface area contributed by atoms with Crippen molar-refractivity contribution in [2.45, 2.75) is 20.3 Å². The first kappa shape index (κ1) is 13.8. The topological polar surface area (TPSA) is 66.4 Å². The molecule has 0 fully saturated rings. The van der Waals surface area contributed by atoms with Gasteiger partial charge in [-0.05, 0) is 13.3 Å². The lowest BCUT2D eigenvalue weighted by Gasteiger charge is -2.00. The van der Waals surface area contributed by atoms with Gasteiger partial charge in [0.25, 0.3) is 0 Å². The van der Waals surface area contributed by atoms with E-state index in [9.17, 15) is 13.0 Å². The molecule has 0 N–H and O–H groups in total. The third-order valence-corrected chi connectivity index (χ3v) is 1.80. The van der Waals surface area contributed by atoms with Crippen LogP contribution in [0.4, 0.5) is 0 Å². The molecular weight excluding hydrogens is 188 g/mol. The Morgan fingerprint density at radius 1 is 1.45 bits per heavy atom. The maximum absolute atomic E-state index is 9.68. The Morgan fingerprint density at radius 3 is 1.82 bits per heavy atom. The van der Waals surface area contributed by atoms with Crippen molar-refractivity contribution in [1.29, 1.82) is 0 Å². The molecule has 0 atom stereocenters. The van der Waals surface area contributed by atoms with E-state index >= 15 is 0 Å². The van der Waals surface area contributed by atoms with Gasteiger partial charge in [-0.1, -0.05) is 6.92 Å².